The minimum Gasteiger partial charge on any atom is -0.368 e. The zero-order chi connectivity index (χ0) is 25.7. The number of carbonyl (C=O) groups excluding carboxylic acids is 1. The van der Waals surface area contributed by atoms with Crippen LogP contribution in [0.15, 0.2) is 55.1 Å². The van der Waals surface area contributed by atoms with E-state index in [1.807, 2.05) is 6.07 Å². The van der Waals surface area contributed by atoms with Gasteiger partial charge in [-0.25, -0.2) is 19.0 Å². The van der Waals surface area contributed by atoms with Crippen molar-refractivity contribution in [3.8, 4) is 5.95 Å². The fourth-order valence-corrected chi connectivity index (χ4v) is 5.06. The van der Waals surface area contributed by atoms with Crippen molar-refractivity contribution in [2.24, 2.45) is 7.05 Å². The normalized spacial score (nSPS) is 18.0. The molecule has 37 heavy (non-hydrogen) atoms. The first-order chi connectivity index (χ1) is 17.9. The van der Waals surface area contributed by atoms with E-state index >= 15 is 0 Å². The lowest BCUT2D eigenvalue weighted by molar-refractivity contribution is 0.102. The fourth-order valence-electron chi connectivity index (χ4n) is 5.06. The van der Waals surface area contributed by atoms with Gasteiger partial charge in [0.25, 0.3) is 11.9 Å². The van der Waals surface area contributed by atoms with Crippen LogP contribution in [0.25, 0.3) is 27.8 Å². The molecule has 0 spiro atoms. The summed E-state index contributed by atoms with van der Waals surface area (Å²) in [6, 6.07) is 9.08. The summed E-state index contributed by atoms with van der Waals surface area (Å²) in [5.74, 6) is -0.543. The van der Waals surface area contributed by atoms with Crippen LogP contribution in [-0.4, -0.2) is 60.6 Å². The minimum absolute atomic E-state index is 0.256. The smallest absolute Gasteiger partial charge is 0.257 e. The van der Waals surface area contributed by atoms with Crippen LogP contribution in [0.3, 0.4) is 0 Å². The number of carbonyl (C=O) groups is 1. The Bertz CT molecular complexity index is 1620. The molecule has 1 fully saturated rings. The lowest BCUT2D eigenvalue weighted by atomic mass is 10.0. The van der Waals surface area contributed by atoms with Crippen LogP contribution in [0.2, 0.25) is 0 Å². The summed E-state index contributed by atoms with van der Waals surface area (Å²) >= 11 is 0. The Morgan fingerprint density at radius 1 is 1.16 bits per heavy atom. The molecule has 188 valence electrons. The van der Waals surface area contributed by atoms with Gasteiger partial charge in [0.1, 0.15) is 5.52 Å². The summed E-state index contributed by atoms with van der Waals surface area (Å²) < 4.78 is 17.7. The summed E-state index contributed by atoms with van der Waals surface area (Å²) in [5, 5.41) is 16.1. The summed E-state index contributed by atoms with van der Waals surface area (Å²) in [7, 11) is 1.72. The van der Waals surface area contributed by atoms with Crippen molar-refractivity contribution in [2.75, 3.05) is 23.3 Å². The number of anilines is 2. The van der Waals surface area contributed by atoms with Crippen molar-refractivity contribution in [2.45, 2.75) is 25.9 Å². The van der Waals surface area contributed by atoms with Gasteiger partial charge in [0.15, 0.2) is 5.82 Å². The molecule has 0 bridgehead atoms. The van der Waals surface area contributed by atoms with Gasteiger partial charge in [-0.05, 0) is 44.2 Å². The van der Waals surface area contributed by atoms with Gasteiger partial charge in [0.2, 0.25) is 0 Å². The molecule has 1 amide bonds. The van der Waals surface area contributed by atoms with E-state index in [2.05, 4.69) is 44.6 Å². The first-order valence-electron chi connectivity index (χ1n) is 12.1. The second-order valence-corrected chi connectivity index (χ2v) is 9.54. The molecule has 0 aliphatic carbocycles. The number of hydrogen-bond donors (Lipinski definition) is 2. The number of halogens is 1. The molecule has 5 aromatic rings. The average molecular weight is 500 g/mol. The summed E-state index contributed by atoms with van der Waals surface area (Å²) in [6.45, 7) is 5.93. The van der Waals surface area contributed by atoms with E-state index in [4.69, 9.17) is 4.98 Å². The standard InChI is InChI=1S/C26H26FN9O/c1-15-12-35(13-16(2)30-15)22-6-5-19(24-20(22)11-28-26(32-24)36-8-4-7-29-36)25(37)31-18-9-17-14-34(3)33-23(17)21(27)10-18/h4-11,14-16,30H,12-13H2,1-3H3,(H,31,37). The summed E-state index contributed by atoms with van der Waals surface area (Å²) in [5.41, 5.74) is 2.41. The first kappa shape index (κ1) is 23.0. The highest BCUT2D eigenvalue weighted by Gasteiger charge is 2.25. The molecule has 1 aliphatic heterocycles. The van der Waals surface area contributed by atoms with Gasteiger partial charge in [-0.2, -0.15) is 10.2 Å². The second kappa shape index (κ2) is 8.93. The van der Waals surface area contributed by atoms with Gasteiger partial charge < -0.3 is 15.5 Å². The molecule has 1 aliphatic rings. The number of rotatable bonds is 4. The van der Waals surface area contributed by atoms with Crippen molar-refractivity contribution in [1.29, 1.82) is 0 Å². The molecule has 6 rings (SSSR count). The Balaban J connectivity index is 1.43. The maximum atomic E-state index is 14.6. The second-order valence-electron chi connectivity index (χ2n) is 9.54. The molecule has 4 heterocycles. The van der Waals surface area contributed by atoms with Gasteiger partial charge in [-0.15, -0.1) is 0 Å². The lowest BCUT2D eigenvalue weighted by Gasteiger charge is -2.38. The predicted molar refractivity (Wildman–Crippen MR) is 140 cm³/mol. The molecule has 3 aromatic heterocycles. The Hall–Kier alpha value is -4.38. The van der Waals surface area contributed by atoms with E-state index in [0.29, 0.717) is 40.2 Å². The summed E-state index contributed by atoms with van der Waals surface area (Å²) in [4.78, 5) is 25.1. The predicted octanol–water partition coefficient (Wildman–Crippen LogP) is 3.28. The van der Waals surface area contributed by atoms with E-state index in [1.54, 1.807) is 54.7 Å². The molecule has 1 saturated heterocycles. The zero-order valence-corrected chi connectivity index (χ0v) is 20.7. The Kier molecular flexibility index (Phi) is 5.56. The number of nitrogens with zero attached hydrogens (tertiary/aromatic N) is 7. The zero-order valence-electron chi connectivity index (χ0n) is 20.7. The SMILES string of the molecule is CC1CN(c2ccc(C(=O)Nc3cc(F)c4nn(C)cc4c3)c3nc(-n4cccn4)ncc23)CC(C)N1. The van der Waals surface area contributed by atoms with Crippen LogP contribution in [0.5, 0.6) is 0 Å². The molecule has 11 heteroatoms. The van der Waals surface area contributed by atoms with Crippen LogP contribution in [-0.2, 0) is 7.05 Å². The number of amides is 1. The average Bonchev–Trinajstić information content (AvgIpc) is 3.52. The lowest BCUT2D eigenvalue weighted by Crippen LogP contribution is -2.54. The van der Waals surface area contributed by atoms with Crippen LogP contribution >= 0.6 is 0 Å². The van der Waals surface area contributed by atoms with E-state index in [0.717, 1.165) is 24.2 Å². The largest absolute Gasteiger partial charge is 0.368 e. The molecule has 0 radical (unpaired) electrons. The Labute approximate surface area is 212 Å². The van der Waals surface area contributed by atoms with E-state index in [-0.39, 0.29) is 5.52 Å². The maximum absolute atomic E-state index is 14.6. The molecule has 2 atom stereocenters. The van der Waals surface area contributed by atoms with Gasteiger partial charge >= 0.3 is 0 Å². The molecule has 10 nitrogen and oxygen atoms in total. The third-order valence-electron chi connectivity index (χ3n) is 6.50. The molecular formula is C26H26FN9O. The molecule has 2 aromatic carbocycles. The van der Waals surface area contributed by atoms with Crippen LogP contribution in [0, 0.1) is 5.82 Å². The quantitative estimate of drug-likeness (QED) is 0.391. The van der Waals surface area contributed by atoms with Gasteiger partial charge in [-0.3, -0.25) is 9.48 Å². The number of fused-ring (bicyclic) bond motifs is 2. The highest BCUT2D eigenvalue weighted by molar-refractivity contribution is 6.14. The van der Waals surface area contributed by atoms with Crippen LogP contribution in [0.4, 0.5) is 15.8 Å². The monoisotopic (exact) mass is 499 g/mol. The summed E-state index contributed by atoms with van der Waals surface area (Å²) in [6.07, 6.45) is 6.84. The van der Waals surface area contributed by atoms with Crippen molar-refractivity contribution in [1.82, 2.24) is 34.8 Å². The Morgan fingerprint density at radius 2 is 1.97 bits per heavy atom. The molecule has 2 unspecified atom stereocenters. The third-order valence-corrected chi connectivity index (χ3v) is 6.50. The van der Waals surface area contributed by atoms with Gasteiger partial charge in [0, 0.05) is 79.2 Å². The maximum Gasteiger partial charge on any atom is 0.257 e. The van der Waals surface area contributed by atoms with Crippen molar-refractivity contribution in [3.63, 3.8) is 0 Å². The number of nitrogens with one attached hydrogen (secondary N) is 2. The molecule has 2 N–H and O–H groups in total. The first-order valence-corrected chi connectivity index (χ1v) is 12.1. The number of benzene rings is 2. The van der Waals surface area contributed by atoms with E-state index in [9.17, 15) is 9.18 Å². The van der Waals surface area contributed by atoms with Gasteiger partial charge in [-0.1, -0.05) is 0 Å². The Morgan fingerprint density at radius 3 is 2.73 bits per heavy atom. The minimum atomic E-state index is -0.501. The van der Waals surface area contributed by atoms with Crippen LogP contribution < -0.4 is 15.5 Å². The van der Waals surface area contributed by atoms with Crippen molar-refractivity contribution in [3.05, 3.63) is 66.5 Å². The van der Waals surface area contributed by atoms with Gasteiger partial charge in [0.05, 0.1) is 11.1 Å². The highest BCUT2D eigenvalue weighted by atomic mass is 19.1. The number of aromatic nitrogens is 6. The fraction of sp³-hybridized carbons (Fsp3) is 0.269. The van der Waals surface area contributed by atoms with E-state index in [1.165, 1.54) is 10.7 Å². The van der Waals surface area contributed by atoms with Crippen molar-refractivity contribution < 1.29 is 9.18 Å². The van der Waals surface area contributed by atoms with Crippen molar-refractivity contribution >= 4 is 39.1 Å². The highest BCUT2D eigenvalue weighted by Crippen LogP contribution is 2.31. The number of aryl methyl sites for hydroxylation is 1. The number of hydrogen-bond acceptors (Lipinski definition) is 7. The van der Waals surface area contributed by atoms with Crippen LogP contribution in [0.1, 0.15) is 24.2 Å². The molecule has 0 saturated carbocycles. The van der Waals surface area contributed by atoms with E-state index < -0.39 is 11.7 Å². The topological polar surface area (TPSA) is 106 Å². The molecular weight excluding hydrogens is 473 g/mol. The number of piperazine rings is 1. The third kappa shape index (κ3) is 4.27.